The van der Waals surface area contributed by atoms with Gasteiger partial charge in [0.05, 0.1) is 30.4 Å². The van der Waals surface area contributed by atoms with Gasteiger partial charge < -0.3 is 29.4 Å². The maximum Gasteiger partial charge on any atom is 0.254 e. The van der Waals surface area contributed by atoms with Crippen LogP contribution in [0, 0.1) is 5.92 Å². The molecular weight excluding hydrogens is 559 g/mol. The van der Waals surface area contributed by atoms with E-state index in [4.69, 9.17) is 15.5 Å². The van der Waals surface area contributed by atoms with Crippen molar-refractivity contribution in [3.63, 3.8) is 0 Å². The second kappa shape index (κ2) is 11.2. The second-order valence-electron chi connectivity index (χ2n) is 13.0. The van der Waals surface area contributed by atoms with E-state index in [1.165, 1.54) is 34.2 Å². The van der Waals surface area contributed by atoms with Crippen molar-refractivity contribution in [2.45, 2.75) is 63.7 Å². The zero-order chi connectivity index (χ0) is 30.7. The monoisotopic (exact) mass is 600 g/mol. The van der Waals surface area contributed by atoms with Crippen molar-refractivity contribution in [3.8, 4) is 17.3 Å². The number of alkyl halides is 1. The molecule has 2 aromatic carbocycles. The summed E-state index contributed by atoms with van der Waals surface area (Å²) >= 11 is 0. The average Bonchev–Trinajstić information content (AvgIpc) is 3.68. The number of benzene rings is 2. The molecule has 10 heteroatoms. The van der Waals surface area contributed by atoms with Gasteiger partial charge in [-0.15, -0.1) is 0 Å². The van der Waals surface area contributed by atoms with Crippen LogP contribution in [0.15, 0.2) is 36.4 Å². The molecule has 2 N–H and O–H groups in total. The van der Waals surface area contributed by atoms with E-state index in [9.17, 15) is 14.0 Å². The van der Waals surface area contributed by atoms with Gasteiger partial charge in [-0.1, -0.05) is 18.2 Å². The molecule has 232 valence electrons. The number of para-hydroxylation sites is 1. The number of ether oxygens (including phenoxy) is 1. The number of nitrogens with two attached hydrogens (primary N) is 1. The molecule has 2 aromatic heterocycles. The Hall–Kier alpha value is -3.92. The maximum atomic E-state index is 14.3. The Morgan fingerprint density at radius 2 is 1.82 bits per heavy atom. The van der Waals surface area contributed by atoms with E-state index in [0.29, 0.717) is 35.2 Å². The van der Waals surface area contributed by atoms with Gasteiger partial charge in [-0.05, 0) is 67.7 Å². The predicted octanol–water partition coefficient (Wildman–Crippen LogP) is 4.85. The molecule has 44 heavy (non-hydrogen) atoms. The summed E-state index contributed by atoms with van der Waals surface area (Å²) < 4.78 is 24.6. The first kappa shape index (κ1) is 28.8. The first-order chi connectivity index (χ1) is 21.2. The molecule has 1 unspecified atom stereocenters. The summed E-state index contributed by atoms with van der Waals surface area (Å²) in [6, 6.07) is 12.0. The van der Waals surface area contributed by atoms with Gasteiger partial charge in [0.2, 0.25) is 5.91 Å². The fourth-order valence-electron chi connectivity index (χ4n) is 7.36. The van der Waals surface area contributed by atoms with Gasteiger partial charge in [-0.3, -0.25) is 9.59 Å². The molecule has 9 nitrogen and oxygen atoms in total. The first-order valence-electron chi connectivity index (χ1n) is 15.8. The lowest BCUT2D eigenvalue weighted by Crippen LogP contribution is -2.50. The topological polar surface area (TPSA) is 98.6 Å². The highest BCUT2D eigenvalue weighted by Crippen LogP contribution is 2.41. The molecule has 4 aromatic rings. The normalized spacial score (nSPS) is 21.4. The Bertz CT molecular complexity index is 1740. The number of likely N-dealkylation sites (tertiary alicyclic amines) is 2. The molecule has 1 saturated carbocycles. The van der Waals surface area contributed by atoms with Crippen LogP contribution in [0.2, 0.25) is 0 Å². The molecule has 3 fully saturated rings. The zero-order valence-corrected chi connectivity index (χ0v) is 25.8. The zero-order valence-electron chi connectivity index (χ0n) is 25.8. The van der Waals surface area contributed by atoms with Crippen molar-refractivity contribution in [2.24, 2.45) is 18.7 Å². The molecule has 2 atom stereocenters. The molecule has 0 spiro atoms. The van der Waals surface area contributed by atoms with Crippen molar-refractivity contribution in [1.29, 1.82) is 0 Å². The lowest BCUT2D eigenvalue weighted by atomic mass is 9.88. The second-order valence-corrected chi connectivity index (χ2v) is 13.0. The van der Waals surface area contributed by atoms with Crippen LogP contribution in [0.1, 0.15) is 60.9 Å². The molecule has 4 heterocycles. The molecule has 0 radical (unpaired) electrons. The Morgan fingerprint density at radius 1 is 1.05 bits per heavy atom. The first-order valence-corrected chi connectivity index (χ1v) is 15.8. The van der Waals surface area contributed by atoms with Gasteiger partial charge >= 0.3 is 0 Å². The third-order valence-corrected chi connectivity index (χ3v) is 9.82. The van der Waals surface area contributed by atoms with E-state index < -0.39 is 6.17 Å². The quantitative estimate of drug-likeness (QED) is 0.341. The van der Waals surface area contributed by atoms with Crippen LogP contribution in [0.3, 0.4) is 0 Å². The summed E-state index contributed by atoms with van der Waals surface area (Å²) in [5.41, 5.74) is 11.5. The minimum Gasteiger partial charge on any atom is -0.494 e. The number of nitrogens with zero attached hydrogens (tertiary/aromatic N) is 5. The number of fused-ring (bicyclic) bond motifs is 2. The summed E-state index contributed by atoms with van der Waals surface area (Å²) in [4.78, 5) is 34.0. The molecule has 1 aliphatic carbocycles. The van der Waals surface area contributed by atoms with Crippen molar-refractivity contribution < 1.29 is 18.7 Å². The van der Waals surface area contributed by atoms with E-state index in [1.54, 1.807) is 26.2 Å². The van der Waals surface area contributed by atoms with Gasteiger partial charge in [0, 0.05) is 57.1 Å². The number of methoxy groups -OCH3 is 1. The molecular formula is C34H41FN6O3. The highest BCUT2D eigenvalue weighted by atomic mass is 19.1. The molecule has 2 aliphatic heterocycles. The van der Waals surface area contributed by atoms with E-state index in [-0.39, 0.29) is 30.8 Å². The van der Waals surface area contributed by atoms with Crippen molar-refractivity contribution in [2.75, 3.05) is 33.3 Å². The Morgan fingerprint density at radius 3 is 2.50 bits per heavy atom. The van der Waals surface area contributed by atoms with Gasteiger partial charge in [0.25, 0.3) is 5.91 Å². The Balaban J connectivity index is 1.32. The third-order valence-electron chi connectivity index (χ3n) is 9.82. The number of halogens is 1. The summed E-state index contributed by atoms with van der Waals surface area (Å²) in [5, 5.41) is 1.18. The number of carbonyl (C=O) groups is 2. The van der Waals surface area contributed by atoms with Crippen LogP contribution in [0.25, 0.3) is 33.5 Å². The maximum absolute atomic E-state index is 14.3. The number of aryl methyl sites for hydroxylation is 1. The predicted molar refractivity (Wildman–Crippen MR) is 169 cm³/mol. The van der Waals surface area contributed by atoms with Crippen LogP contribution in [0.5, 0.6) is 5.75 Å². The van der Waals surface area contributed by atoms with Crippen molar-refractivity contribution in [1.82, 2.24) is 23.9 Å². The number of piperidine rings is 2. The summed E-state index contributed by atoms with van der Waals surface area (Å²) in [6.07, 6.45) is 3.49. The lowest BCUT2D eigenvalue weighted by molar-refractivity contribution is -0.129. The van der Waals surface area contributed by atoms with Crippen LogP contribution < -0.4 is 10.5 Å². The van der Waals surface area contributed by atoms with Crippen LogP contribution in [0.4, 0.5) is 4.39 Å². The number of aromatic nitrogens is 3. The van der Waals surface area contributed by atoms with E-state index >= 15 is 0 Å². The summed E-state index contributed by atoms with van der Waals surface area (Å²) in [6.45, 7) is 4.51. The molecule has 2 saturated heterocycles. The van der Waals surface area contributed by atoms with Gasteiger partial charge in [0.15, 0.2) is 5.82 Å². The highest BCUT2D eigenvalue weighted by Gasteiger charge is 2.31. The fourth-order valence-corrected chi connectivity index (χ4v) is 7.36. The van der Waals surface area contributed by atoms with Crippen LogP contribution in [-0.2, 0) is 18.4 Å². The lowest BCUT2D eigenvalue weighted by Gasteiger charge is -2.33. The van der Waals surface area contributed by atoms with Crippen molar-refractivity contribution in [3.05, 3.63) is 47.5 Å². The van der Waals surface area contributed by atoms with E-state index in [2.05, 4.69) is 33.4 Å². The van der Waals surface area contributed by atoms with E-state index in [0.717, 1.165) is 49.5 Å². The highest BCUT2D eigenvalue weighted by molar-refractivity contribution is 6.00. The fraction of sp³-hybridized carbons (Fsp3) is 0.500. The van der Waals surface area contributed by atoms with Gasteiger partial charge in [-0.2, -0.15) is 0 Å². The van der Waals surface area contributed by atoms with Gasteiger partial charge in [-0.25, -0.2) is 9.37 Å². The number of hydrogen-bond donors (Lipinski definition) is 1. The largest absolute Gasteiger partial charge is 0.494 e. The van der Waals surface area contributed by atoms with Crippen molar-refractivity contribution >= 4 is 33.8 Å². The number of imidazole rings is 1. The molecule has 7 rings (SSSR count). The molecule has 3 aliphatic rings. The number of amides is 2. The summed E-state index contributed by atoms with van der Waals surface area (Å²) in [5.74, 6) is 2.26. The third kappa shape index (κ3) is 5.12. The van der Waals surface area contributed by atoms with E-state index in [1.807, 2.05) is 11.9 Å². The van der Waals surface area contributed by atoms with Crippen LogP contribution >= 0.6 is 0 Å². The van der Waals surface area contributed by atoms with Crippen LogP contribution in [-0.4, -0.2) is 81.2 Å². The number of rotatable bonds is 6. The summed E-state index contributed by atoms with van der Waals surface area (Å²) in [7, 11) is 3.58. The van der Waals surface area contributed by atoms with Gasteiger partial charge in [0.1, 0.15) is 17.4 Å². The number of carbonyl (C=O) groups excluding carboxylic acids is 2. The minimum absolute atomic E-state index is 0.0394. The Kier molecular flexibility index (Phi) is 7.35. The molecule has 2 amide bonds. The SMILES string of the molecule is COc1cc(C(=O)N2CC(F)C[C@@H](N)C2)cc2nc(-c3cc4cccc(C5CCN(C(C)=O)CC5)c4n3CC3CC3)n(C)c12. The average molecular weight is 601 g/mol. The smallest absolute Gasteiger partial charge is 0.254 e. The Labute approximate surface area is 256 Å². The number of hydrogen-bond acceptors (Lipinski definition) is 5. The molecule has 0 bridgehead atoms. The standard InChI is InChI=1S/C34H41FN6O3/c1-20(42)39-11-9-22(10-12-39)27-6-4-5-23-14-29(41(31(23)27)17-21-7-8-21)33-37-28-13-24(15-30(44-3)32(28)38(33)2)34(43)40-18-25(35)16-26(36)19-40/h4-6,13-15,21-22,25-26H,7-12,16-19,36H2,1-3H3/t25?,26-/m1/s1. The minimum atomic E-state index is -1.13.